The highest BCUT2D eigenvalue weighted by Gasteiger charge is 1.97. The number of ether oxygens (including phenoxy) is 1. The van der Waals surface area contributed by atoms with E-state index in [1.807, 2.05) is 6.92 Å². The van der Waals surface area contributed by atoms with Gasteiger partial charge >= 0.3 is 12.1 Å². The molecule has 0 heterocycles. The normalized spacial score (nSPS) is 6.60. The Morgan fingerprint density at radius 1 is 1.60 bits per heavy atom. The average Bonchev–Trinajstić information content (AvgIpc) is 1.62. The van der Waals surface area contributed by atoms with Crippen LogP contribution in [0.25, 0.3) is 0 Å². The summed E-state index contributed by atoms with van der Waals surface area (Å²) in [6.45, 7) is 6.27. The van der Waals surface area contributed by atoms with Gasteiger partial charge in [0.05, 0.1) is 0 Å². The number of allylic oxidation sites excluding steroid dienone is 1. The molecule has 0 aromatic carbocycles. The van der Waals surface area contributed by atoms with Gasteiger partial charge in [0.2, 0.25) is 0 Å². The van der Waals surface area contributed by atoms with E-state index >= 15 is 0 Å². The van der Waals surface area contributed by atoms with Crippen molar-refractivity contribution in [3.63, 3.8) is 0 Å². The van der Waals surface area contributed by atoms with Gasteiger partial charge in [0, 0.05) is 6.92 Å². The molecule has 0 aliphatic rings. The fraction of sp³-hybridized carbons (Fsp3) is 0.333. The maximum Gasteiger partial charge on any atom is 0.513 e. The van der Waals surface area contributed by atoms with Crippen molar-refractivity contribution in [2.45, 2.75) is 13.8 Å². The zero-order chi connectivity index (χ0) is 8.57. The molecular formula is C6H10O4. The Bertz CT molecular complexity index is 116. The first-order valence-electron chi connectivity index (χ1n) is 2.53. The van der Waals surface area contributed by atoms with Crippen molar-refractivity contribution < 1.29 is 19.4 Å². The lowest BCUT2D eigenvalue weighted by molar-refractivity contribution is -0.136. The van der Waals surface area contributed by atoms with Gasteiger partial charge in [-0.05, 0) is 6.92 Å². The fourth-order valence-corrected chi connectivity index (χ4v) is 0.123. The number of carbonyl (C=O) groups is 2. The van der Waals surface area contributed by atoms with Crippen molar-refractivity contribution in [1.82, 2.24) is 0 Å². The lowest BCUT2D eigenvalue weighted by atomic mass is 10.8. The highest BCUT2D eigenvalue weighted by atomic mass is 16.7. The van der Waals surface area contributed by atoms with Gasteiger partial charge in [-0.3, -0.25) is 4.79 Å². The van der Waals surface area contributed by atoms with Crippen molar-refractivity contribution in [1.29, 1.82) is 0 Å². The minimum atomic E-state index is -1.56. The second-order valence-corrected chi connectivity index (χ2v) is 1.27. The number of hydrogen-bond acceptors (Lipinski definition) is 3. The van der Waals surface area contributed by atoms with Crippen molar-refractivity contribution in [2.75, 3.05) is 0 Å². The fourth-order valence-electron chi connectivity index (χ4n) is 0.123. The van der Waals surface area contributed by atoms with Gasteiger partial charge in [0.1, 0.15) is 0 Å². The van der Waals surface area contributed by atoms with Crippen molar-refractivity contribution in [3.8, 4) is 0 Å². The minimum Gasteiger partial charge on any atom is -0.449 e. The second kappa shape index (κ2) is 7.68. The van der Waals surface area contributed by atoms with Crippen LogP contribution in [0.3, 0.4) is 0 Å². The smallest absolute Gasteiger partial charge is 0.449 e. The van der Waals surface area contributed by atoms with E-state index in [-0.39, 0.29) is 0 Å². The molecule has 4 heteroatoms. The molecule has 0 aromatic rings. The predicted octanol–water partition coefficient (Wildman–Crippen LogP) is 1.42. The minimum absolute atomic E-state index is 0.812. The lowest BCUT2D eigenvalue weighted by Gasteiger charge is -1.85. The van der Waals surface area contributed by atoms with Crippen LogP contribution in [0.5, 0.6) is 0 Å². The van der Waals surface area contributed by atoms with Crippen molar-refractivity contribution in [3.05, 3.63) is 12.7 Å². The Hall–Kier alpha value is -1.32. The first-order chi connectivity index (χ1) is 4.54. The van der Waals surface area contributed by atoms with Crippen LogP contribution in [0, 0.1) is 0 Å². The first kappa shape index (κ1) is 11.5. The molecule has 0 atom stereocenters. The molecule has 0 bridgehead atoms. The van der Waals surface area contributed by atoms with E-state index < -0.39 is 12.1 Å². The van der Waals surface area contributed by atoms with Crippen LogP contribution in [-0.4, -0.2) is 17.2 Å². The third kappa shape index (κ3) is 30.0. The molecule has 4 nitrogen and oxygen atoms in total. The zero-order valence-electron chi connectivity index (χ0n) is 5.96. The Morgan fingerprint density at radius 3 is 1.90 bits per heavy atom. The molecule has 0 rings (SSSR count). The summed E-state index contributed by atoms with van der Waals surface area (Å²) in [6.07, 6.45) is 0.188. The van der Waals surface area contributed by atoms with E-state index in [0.717, 1.165) is 6.92 Å². The van der Waals surface area contributed by atoms with E-state index in [1.54, 1.807) is 6.08 Å². The van der Waals surface area contributed by atoms with Gasteiger partial charge in [0.15, 0.2) is 0 Å². The standard InChI is InChI=1S/C3H4O4.C3H6/c1-2(4)7-3(5)6;1-3-2/h1H3,(H,5,6);3H,1H2,2H3. The molecule has 0 spiro atoms. The summed E-state index contributed by atoms with van der Waals surface area (Å²) in [4.78, 5) is 19.0. The number of carboxylic acid groups (broad SMARTS) is 1. The van der Waals surface area contributed by atoms with E-state index in [2.05, 4.69) is 11.3 Å². The Labute approximate surface area is 59.1 Å². The summed E-state index contributed by atoms with van der Waals surface area (Å²) in [5.41, 5.74) is 0. The molecule has 1 N–H and O–H groups in total. The number of carbonyl (C=O) groups excluding carboxylic acids is 1. The van der Waals surface area contributed by atoms with Crippen LogP contribution in [-0.2, 0) is 9.53 Å². The van der Waals surface area contributed by atoms with Crippen molar-refractivity contribution in [2.24, 2.45) is 0 Å². The van der Waals surface area contributed by atoms with Gasteiger partial charge in [-0.25, -0.2) is 4.79 Å². The summed E-state index contributed by atoms with van der Waals surface area (Å²) in [7, 11) is 0. The van der Waals surface area contributed by atoms with E-state index in [9.17, 15) is 9.59 Å². The zero-order valence-corrected chi connectivity index (χ0v) is 5.96. The topological polar surface area (TPSA) is 63.6 Å². The van der Waals surface area contributed by atoms with Crippen LogP contribution in [0.4, 0.5) is 4.79 Å². The summed E-state index contributed by atoms with van der Waals surface area (Å²) in [6, 6.07) is 0. The van der Waals surface area contributed by atoms with Crippen LogP contribution < -0.4 is 0 Å². The van der Waals surface area contributed by atoms with Gasteiger partial charge in [-0.1, -0.05) is 6.08 Å². The van der Waals surface area contributed by atoms with Gasteiger partial charge in [-0.15, -0.1) is 6.58 Å². The van der Waals surface area contributed by atoms with Crippen LogP contribution in [0.15, 0.2) is 12.7 Å². The second-order valence-electron chi connectivity index (χ2n) is 1.27. The van der Waals surface area contributed by atoms with Gasteiger partial charge in [0.25, 0.3) is 0 Å². The third-order valence-corrected chi connectivity index (χ3v) is 0.231. The van der Waals surface area contributed by atoms with E-state index in [0.29, 0.717) is 0 Å². The average molecular weight is 146 g/mol. The molecular weight excluding hydrogens is 136 g/mol. The molecule has 0 unspecified atom stereocenters. The monoisotopic (exact) mass is 146 g/mol. The quantitative estimate of drug-likeness (QED) is 0.319. The van der Waals surface area contributed by atoms with Gasteiger partial charge < -0.3 is 9.84 Å². The predicted molar refractivity (Wildman–Crippen MR) is 35.7 cm³/mol. The molecule has 0 amide bonds. The highest BCUT2D eigenvalue weighted by molar-refractivity contribution is 5.78. The highest BCUT2D eigenvalue weighted by Crippen LogP contribution is 1.73. The first-order valence-corrected chi connectivity index (χ1v) is 2.53. The molecule has 0 aliphatic heterocycles. The Balaban J connectivity index is 0. The molecule has 0 saturated carbocycles. The summed E-state index contributed by atoms with van der Waals surface area (Å²) in [5.74, 6) is -0.812. The Morgan fingerprint density at radius 2 is 1.90 bits per heavy atom. The SMILES string of the molecule is C=CC.CC(=O)OC(=O)O. The van der Waals surface area contributed by atoms with E-state index in [4.69, 9.17) is 5.11 Å². The maximum atomic E-state index is 9.65. The molecule has 58 valence electrons. The lowest BCUT2D eigenvalue weighted by Crippen LogP contribution is -2.04. The third-order valence-electron chi connectivity index (χ3n) is 0.231. The molecule has 0 radical (unpaired) electrons. The number of hydrogen-bond donors (Lipinski definition) is 1. The largest absolute Gasteiger partial charge is 0.513 e. The van der Waals surface area contributed by atoms with Crippen molar-refractivity contribution >= 4 is 12.1 Å². The maximum absolute atomic E-state index is 9.65. The number of esters is 1. The number of rotatable bonds is 0. The summed E-state index contributed by atoms with van der Waals surface area (Å²) < 4.78 is 3.53. The summed E-state index contributed by atoms with van der Waals surface area (Å²) in [5, 5.41) is 7.64. The molecule has 0 fully saturated rings. The molecule has 10 heavy (non-hydrogen) atoms. The van der Waals surface area contributed by atoms with E-state index in [1.165, 1.54) is 0 Å². The van der Waals surface area contributed by atoms with Crippen LogP contribution >= 0.6 is 0 Å². The van der Waals surface area contributed by atoms with Crippen LogP contribution in [0.2, 0.25) is 0 Å². The summed E-state index contributed by atoms with van der Waals surface area (Å²) >= 11 is 0. The molecule has 0 aromatic heterocycles. The Kier molecular flexibility index (Phi) is 8.81. The van der Waals surface area contributed by atoms with Gasteiger partial charge in [-0.2, -0.15) is 0 Å². The van der Waals surface area contributed by atoms with Crippen LogP contribution in [0.1, 0.15) is 13.8 Å². The molecule has 0 aliphatic carbocycles. The molecule has 0 saturated heterocycles.